The smallest absolute Gasteiger partial charge is 0.410 e. The SMILES string of the molecule is CC(C)(C)OC(=O)N1CCCN(C(=O)COc2ccc(Cl)cc2Cl)CC1. The van der Waals surface area contributed by atoms with Gasteiger partial charge in [-0.3, -0.25) is 4.79 Å². The van der Waals surface area contributed by atoms with Crippen molar-refractivity contribution in [2.24, 2.45) is 0 Å². The molecule has 1 aromatic carbocycles. The van der Waals surface area contributed by atoms with Gasteiger partial charge in [-0.15, -0.1) is 0 Å². The van der Waals surface area contributed by atoms with Gasteiger partial charge in [-0.25, -0.2) is 4.79 Å². The molecule has 1 heterocycles. The van der Waals surface area contributed by atoms with E-state index < -0.39 is 5.60 Å². The van der Waals surface area contributed by atoms with E-state index in [2.05, 4.69) is 0 Å². The van der Waals surface area contributed by atoms with Gasteiger partial charge in [0, 0.05) is 31.2 Å². The maximum absolute atomic E-state index is 12.4. The molecule has 0 N–H and O–H groups in total. The molecule has 8 heteroatoms. The first-order valence-electron chi connectivity index (χ1n) is 8.49. The third-order valence-electron chi connectivity index (χ3n) is 3.75. The summed E-state index contributed by atoms with van der Waals surface area (Å²) in [5.41, 5.74) is -0.537. The van der Waals surface area contributed by atoms with Gasteiger partial charge in [0.05, 0.1) is 5.02 Å². The largest absolute Gasteiger partial charge is 0.482 e. The van der Waals surface area contributed by atoms with E-state index >= 15 is 0 Å². The monoisotopic (exact) mass is 402 g/mol. The minimum absolute atomic E-state index is 0.117. The lowest BCUT2D eigenvalue weighted by atomic mass is 10.2. The van der Waals surface area contributed by atoms with Crippen molar-refractivity contribution >= 4 is 35.2 Å². The first-order chi connectivity index (χ1) is 12.2. The van der Waals surface area contributed by atoms with Gasteiger partial charge in [0.15, 0.2) is 6.61 Å². The Morgan fingerprint density at radius 1 is 1.08 bits per heavy atom. The Labute approximate surface area is 163 Å². The number of halogens is 2. The van der Waals surface area contributed by atoms with Crippen LogP contribution >= 0.6 is 23.2 Å². The van der Waals surface area contributed by atoms with Crippen molar-refractivity contribution < 1.29 is 19.1 Å². The summed E-state index contributed by atoms with van der Waals surface area (Å²) in [6, 6.07) is 4.84. The van der Waals surface area contributed by atoms with Crippen LogP contribution in [0.25, 0.3) is 0 Å². The molecule has 6 nitrogen and oxygen atoms in total. The van der Waals surface area contributed by atoms with Gasteiger partial charge in [0.2, 0.25) is 0 Å². The minimum Gasteiger partial charge on any atom is -0.482 e. The maximum atomic E-state index is 12.4. The van der Waals surface area contributed by atoms with Crippen molar-refractivity contribution in [3.05, 3.63) is 28.2 Å². The summed E-state index contributed by atoms with van der Waals surface area (Å²) < 4.78 is 10.9. The molecule has 2 amide bonds. The number of carbonyl (C=O) groups excluding carboxylic acids is 2. The third kappa shape index (κ3) is 6.25. The molecule has 1 saturated heterocycles. The fourth-order valence-electron chi connectivity index (χ4n) is 2.50. The van der Waals surface area contributed by atoms with E-state index in [0.717, 1.165) is 0 Å². The molecule has 0 atom stereocenters. The van der Waals surface area contributed by atoms with Crippen LogP contribution < -0.4 is 4.74 Å². The summed E-state index contributed by atoms with van der Waals surface area (Å²) in [6.45, 7) is 7.37. The van der Waals surface area contributed by atoms with Gasteiger partial charge < -0.3 is 19.3 Å². The number of benzene rings is 1. The first-order valence-corrected chi connectivity index (χ1v) is 9.25. The number of carbonyl (C=O) groups is 2. The van der Waals surface area contributed by atoms with Crippen molar-refractivity contribution in [2.45, 2.75) is 32.8 Å². The Kier molecular flexibility index (Phi) is 7.01. The maximum Gasteiger partial charge on any atom is 0.410 e. The quantitative estimate of drug-likeness (QED) is 0.770. The average molecular weight is 403 g/mol. The lowest BCUT2D eigenvalue weighted by Crippen LogP contribution is -2.41. The minimum atomic E-state index is -0.537. The van der Waals surface area contributed by atoms with Crippen LogP contribution in [0.1, 0.15) is 27.2 Å². The molecule has 0 radical (unpaired) electrons. The highest BCUT2D eigenvalue weighted by Crippen LogP contribution is 2.27. The lowest BCUT2D eigenvalue weighted by Gasteiger charge is -2.26. The molecular formula is C18H24Cl2N2O4. The number of hydrogen-bond donors (Lipinski definition) is 0. The molecule has 0 spiro atoms. The van der Waals surface area contributed by atoms with Crippen molar-refractivity contribution in [3.63, 3.8) is 0 Å². The van der Waals surface area contributed by atoms with Gasteiger partial charge in [0.1, 0.15) is 11.4 Å². The first kappa shape index (κ1) is 20.6. The molecule has 0 bridgehead atoms. The Morgan fingerprint density at radius 3 is 2.38 bits per heavy atom. The standard InChI is InChI=1S/C18H24Cl2N2O4/c1-18(2,3)26-17(24)22-8-4-7-21(9-10-22)16(23)12-25-15-6-5-13(19)11-14(15)20/h5-6,11H,4,7-10,12H2,1-3H3. The van der Waals surface area contributed by atoms with E-state index in [1.54, 1.807) is 28.0 Å². The Balaban J connectivity index is 1.86. The molecule has 144 valence electrons. The number of nitrogens with zero attached hydrogens (tertiary/aromatic N) is 2. The number of amides is 2. The molecule has 0 unspecified atom stereocenters. The summed E-state index contributed by atoms with van der Waals surface area (Å²) in [7, 11) is 0. The molecule has 0 aromatic heterocycles. The predicted octanol–water partition coefficient (Wildman–Crippen LogP) is 3.84. The van der Waals surface area contributed by atoms with Crippen LogP contribution in [0.5, 0.6) is 5.75 Å². The molecule has 1 fully saturated rings. The molecule has 26 heavy (non-hydrogen) atoms. The summed E-state index contributed by atoms with van der Waals surface area (Å²) >= 11 is 11.9. The van der Waals surface area contributed by atoms with E-state index in [0.29, 0.717) is 48.4 Å². The Morgan fingerprint density at radius 2 is 1.73 bits per heavy atom. The summed E-state index contributed by atoms with van der Waals surface area (Å²) in [4.78, 5) is 27.9. The second kappa shape index (κ2) is 8.82. The van der Waals surface area contributed by atoms with Crippen LogP contribution in [0.4, 0.5) is 4.79 Å². The Hall–Kier alpha value is -1.66. The van der Waals surface area contributed by atoms with Crippen LogP contribution in [0.2, 0.25) is 10.0 Å². The van der Waals surface area contributed by atoms with Crippen molar-refractivity contribution in [2.75, 3.05) is 32.8 Å². The van der Waals surface area contributed by atoms with E-state index in [9.17, 15) is 9.59 Å². The van der Waals surface area contributed by atoms with Crippen LogP contribution in [-0.2, 0) is 9.53 Å². The molecule has 0 saturated carbocycles. The Bertz CT molecular complexity index is 661. The highest BCUT2D eigenvalue weighted by Gasteiger charge is 2.26. The molecule has 0 aliphatic carbocycles. The van der Waals surface area contributed by atoms with E-state index in [-0.39, 0.29) is 18.6 Å². The number of ether oxygens (including phenoxy) is 2. The molecular weight excluding hydrogens is 379 g/mol. The topological polar surface area (TPSA) is 59.1 Å². The fraction of sp³-hybridized carbons (Fsp3) is 0.556. The van der Waals surface area contributed by atoms with E-state index in [1.807, 2.05) is 20.8 Å². The molecule has 1 aliphatic rings. The highest BCUT2D eigenvalue weighted by molar-refractivity contribution is 6.35. The predicted molar refractivity (Wildman–Crippen MR) is 101 cm³/mol. The highest BCUT2D eigenvalue weighted by atomic mass is 35.5. The van der Waals surface area contributed by atoms with Gasteiger partial charge in [-0.05, 0) is 45.4 Å². The summed E-state index contributed by atoms with van der Waals surface area (Å²) in [6.07, 6.45) is 0.336. The van der Waals surface area contributed by atoms with Crippen molar-refractivity contribution in [1.82, 2.24) is 9.80 Å². The van der Waals surface area contributed by atoms with Gasteiger partial charge >= 0.3 is 6.09 Å². The fourth-order valence-corrected chi connectivity index (χ4v) is 2.96. The average Bonchev–Trinajstić information content (AvgIpc) is 2.78. The molecule has 2 rings (SSSR count). The van der Waals surface area contributed by atoms with E-state index in [1.165, 1.54) is 0 Å². The molecule has 1 aromatic rings. The number of hydrogen-bond acceptors (Lipinski definition) is 4. The number of rotatable bonds is 3. The summed E-state index contributed by atoms with van der Waals surface area (Å²) in [5, 5.41) is 0.862. The van der Waals surface area contributed by atoms with Gasteiger partial charge in [0.25, 0.3) is 5.91 Å². The summed E-state index contributed by atoms with van der Waals surface area (Å²) in [5.74, 6) is 0.261. The second-order valence-corrected chi connectivity index (χ2v) is 7.91. The van der Waals surface area contributed by atoms with Crippen LogP contribution in [0.15, 0.2) is 18.2 Å². The third-order valence-corrected chi connectivity index (χ3v) is 4.28. The van der Waals surface area contributed by atoms with Gasteiger partial charge in [-0.1, -0.05) is 23.2 Å². The van der Waals surface area contributed by atoms with Crippen LogP contribution in [0.3, 0.4) is 0 Å². The van der Waals surface area contributed by atoms with Crippen LogP contribution in [0, 0.1) is 0 Å². The van der Waals surface area contributed by atoms with Crippen molar-refractivity contribution in [1.29, 1.82) is 0 Å². The van der Waals surface area contributed by atoms with Crippen molar-refractivity contribution in [3.8, 4) is 5.75 Å². The van der Waals surface area contributed by atoms with Crippen LogP contribution in [-0.4, -0.2) is 60.2 Å². The van der Waals surface area contributed by atoms with E-state index in [4.69, 9.17) is 32.7 Å². The zero-order chi connectivity index (χ0) is 19.3. The normalized spacial score (nSPS) is 15.4. The second-order valence-electron chi connectivity index (χ2n) is 7.07. The zero-order valence-corrected chi connectivity index (χ0v) is 16.8. The zero-order valence-electron chi connectivity index (χ0n) is 15.3. The lowest BCUT2D eigenvalue weighted by molar-refractivity contribution is -0.133. The van der Waals surface area contributed by atoms with Gasteiger partial charge in [-0.2, -0.15) is 0 Å². The molecule has 1 aliphatic heterocycles.